The Labute approximate surface area is 259 Å². The van der Waals surface area contributed by atoms with Gasteiger partial charge in [-0.3, -0.25) is 14.1 Å². The molecule has 0 spiro atoms. The van der Waals surface area contributed by atoms with Gasteiger partial charge in [0.05, 0.1) is 31.2 Å². The van der Waals surface area contributed by atoms with E-state index in [1.807, 2.05) is 30.3 Å². The molecule has 1 aliphatic rings. The lowest BCUT2D eigenvalue weighted by Crippen LogP contribution is -2.27. The summed E-state index contributed by atoms with van der Waals surface area (Å²) in [7, 11) is -0.740. The Bertz CT molecular complexity index is 2010. The van der Waals surface area contributed by atoms with Crippen LogP contribution in [0.15, 0.2) is 65.2 Å². The summed E-state index contributed by atoms with van der Waals surface area (Å²) in [6, 6.07) is 15.3. The van der Waals surface area contributed by atoms with Crippen LogP contribution in [-0.4, -0.2) is 54.8 Å². The van der Waals surface area contributed by atoms with E-state index in [0.29, 0.717) is 40.2 Å². The molecule has 0 N–H and O–H groups in total. The predicted octanol–water partition coefficient (Wildman–Crippen LogP) is 4.80. The van der Waals surface area contributed by atoms with Crippen molar-refractivity contribution in [1.29, 1.82) is 0 Å². The molecule has 232 valence electrons. The van der Waals surface area contributed by atoms with Crippen LogP contribution in [-0.2, 0) is 36.1 Å². The molecule has 1 amide bonds. The van der Waals surface area contributed by atoms with Gasteiger partial charge in [-0.25, -0.2) is 12.8 Å². The van der Waals surface area contributed by atoms with Crippen molar-refractivity contribution >= 4 is 32.5 Å². The van der Waals surface area contributed by atoms with Crippen molar-refractivity contribution in [2.24, 2.45) is 0 Å². The molecule has 45 heavy (non-hydrogen) atoms. The summed E-state index contributed by atoms with van der Waals surface area (Å²) in [6.07, 6.45) is 3.18. The number of carbonyl (C=O) groups excluding carboxylic acids is 1. The lowest BCUT2D eigenvalue weighted by molar-refractivity contribution is 0.0748. The van der Waals surface area contributed by atoms with Gasteiger partial charge in [-0.2, -0.15) is 0 Å². The number of fused-ring (bicyclic) bond motifs is 2. The molecule has 0 atom stereocenters. The summed E-state index contributed by atoms with van der Waals surface area (Å²) < 4.78 is 57.9. The van der Waals surface area contributed by atoms with Crippen molar-refractivity contribution in [3.8, 4) is 11.5 Å². The van der Waals surface area contributed by atoms with Crippen molar-refractivity contribution < 1.29 is 31.5 Å². The molecular formula is C32H30FN5O6S. The van der Waals surface area contributed by atoms with Crippen LogP contribution in [0.25, 0.3) is 10.9 Å². The van der Waals surface area contributed by atoms with Gasteiger partial charge in [0, 0.05) is 37.7 Å². The number of pyridine rings is 1. The van der Waals surface area contributed by atoms with Crippen molar-refractivity contribution in [2.75, 3.05) is 24.7 Å². The quantitative estimate of drug-likeness (QED) is 0.214. The number of rotatable bonds is 10. The maximum absolute atomic E-state index is 14.0. The second-order valence-corrected chi connectivity index (χ2v) is 12.8. The van der Waals surface area contributed by atoms with Crippen LogP contribution in [0.4, 0.5) is 10.1 Å². The first-order valence-corrected chi connectivity index (χ1v) is 15.9. The number of hydrogen-bond donors (Lipinski definition) is 0. The number of aryl methyl sites for hydroxylation is 1. The number of ether oxygens (including phenoxy) is 2. The number of hydrogen-bond acceptors (Lipinski definition) is 9. The second kappa shape index (κ2) is 11.8. The van der Waals surface area contributed by atoms with E-state index < -0.39 is 10.0 Å². The van der Waals surface area contributed by atoms with Crippen LogP contribution in [0, 0.1) is 12.7 Å². The van der Waals surface area contributed by atoms with E-state index in [0.717, 1.165) is 22.9 Å². The molecule has 0 radical (unpaired) electrons. The summed E-state index contributed by atoms with van der Waals surface area (Å²) >= 11 is 0. The molecule has 13 heteroatoms. The number of anilines is 1. The fraction of sp³-hybridized carbons (Fsp3) is 0.250. The Morgan fingerprint density at radius 2 is 1.76 bits per heavy atom. The van der Waals surface area contributed by atoms with Crippen molar-refractivity contribution in [2.45, 2.75) is 33.0 Å². The minimum absolute atomic E-state index is 0.0217. The molecular weight excluding hydrogens is 601 g/mol. The molecule has 0 saturated carbocycles. The highest BCUT2D eigenvalue weighted by molar-refractivity contribution is 7.92. The van der Waals surface area contributed by atoms with Gasteiger partial charge in [0.15, 0.2) is 5.75 Å². The van der Waals surface area contributed by atoms with Crippen LogP contribution in [0.1, 0.15) is 44.4 Å². The van der Waals surface area contributed by atoms with Gasteiger partial charge in [-0.1, -0.05) is 24.3 Å². The summed E-state index contributed by atoms with van der Waals surface area (Å²) in [5.74, 6) is 0.814. The highest BCUT2D eigenvalue weighted by Gasteiger charge is 2.38. The van der Waals surface area contributed by atoms with Gasteiger partial charge in [-0.05, 0) is 53.4 Å². The number of sulfonamides is 1. The highest BCUT2D eigenvalue weighted by Crippen LogP contribution is 2.46. The van der Waals surface area contributed by atoms with Gasteiger partial charge in [0.25, 0.3) is 5.91 Å². The zero-order valence-electron chi connectivity index (χ0n) is 25.1. The normalized spacial score (nSPS) is 12.9. The van der Waals surface area contributed by atoms with E-state index in [4.69, 9.17) is 18.9 Å². The van der Waals surface area contributed by atoms with Gasteiger partial charge >= 0.3 is 0 Å². The highest BCUT2D eigenvalue weighted by atomic mass is 32.2. The van der Waals surface area contributed by atoms with Crippen LogP contribution in [0.3, 0.4) is 0 Å². The maximum Gasteiger partial charge on any atom is 0.258 e. The third kappa shape index (κ3) is 6.03. The van der Waals surface area contributed by atoms with Crippen LogP contribution < -0.4 is 13.8 Å². The van der Waals surface area contributed by atoms with E-state index >= 15 is 0 Å². The second-order valence-electron chi connectivity index (χ2n) is 10.8. The molecule has 0 aliphatic carbocycles. The summed E-state index contributed by atoms with van der Waals surface area (Å²) in [4.78, 5) is 20.3. The van der Waals surface area contributed by atoms with Gasteiger partial charge in [0.2, 0.25) is 21.8 Å². The minimum Gasteiger partial charge on any atom is -0.497 e. The van der Waals surface area contributed by atoms with Crippen molar-refractivity contribution in [1.82, 2.24) is 20.1 Å². The van der Waals surface area contributed by atoms with Crippen molar-refractivity contribution in [3.63, 3.8) is 0 Å². The zero-order chi connectivity index (χ0) is 31.9. The summed E-state index contributed by atoms with van der Waals surface area (Å²) in [6.45, 7) is 1.86. The third-order valence-corrected chi connectivity index (χ3v) is 8.83. The molecule has 0 saturated heterocycles. The van der Waals surface area contributed by atoms with Crippen LogP contribution >= 0.6 is 0 Å². The number of carbonyl (C=O) groups is 1. The topological polar surface area (TPSA) is 128 Å². The zero-order valence-corrected chi connectivity index (χ0v) is 25.9. The number of aromatic nitrogens is 3. The predicted molar refractivity (Wildman–Crippen MR) is 164 cm³/mol. The first-order chi connectivity index (χ1) is 21.5. The first-order valence-electron chi connectivity index (χ1n) is 14.0. The molecule has 3 heterocycles. The molecule has 6 rings (SSSR count). The lowest BCUT2D eigenvalue weighted by atomic mass is 9.98. The fourth-order valence-corrected chi connectivity index (χ4v) is 5.92. The fourth-order valence-electron chi connectivity index (χ4n) is 5.38. The number of benzene rings is 3. The molecule has 11 nitrogen and oxygen atoms in total. The SMILES string of the molecule is COc1ccc(COc2c3c(c(N(C)S(C)(=O)=O)c4cc(Cc5ccc(F)cc5)cnc24)CN(Cc2nnc(C)o2)C3=O)cc1. The van der Waals surface area contributed by atoms with E-state index in [1.54, 1.807) is 32.4 Å². The number of halogens is 1. The average Bonchev–Trinajstić information content (AvgIpc) is 3.57. The third-order valence-electron chi connectivity index (χ3n) is 7.65. The molecule has 0 bridgehead atoms. The molecule has 3 aromatic carbocycles. The Hall–Kier alpha value is -5.04. The maximum atomic E-state index is 14.0. The molecule has 2 aromatic heterocycles. The van der Waals surface area contributed by atoms with Crippen LogP contribution in [0.5, 0.6) is 11.5 Å². The molecule has 0 unspecified atom stereocenters. The van der Waals surface area contributed by atoms with E-state index in [9.17, 15) is 17.6 Å². The molecule has 5 aromatic rings. The summed E-state index contributed by atoms with van der Waals surface area (Å²) in [5, 5.41) is 8.39. The number of nitrogens with zero attached hydrogens (tertiary/aromatic N) is 5. The van der Waals surface area contributed by atoms with Gasteiger partial charge in [0.1, 0.15) is 23.7 Å². The Morgan fingerprint density at radius 3 is 2.40 bits per heavy atom. The largest absolute Gasteiger partial charge is 0.497 e. The number of methoxy groups -OCH3 is 1. The Morgan fingerprint density at radius 1 is 1.04 bits per heavy atom. The van der Waals surface area contributed by atoms with E-state index in [2.05, 4.69) is 10.2 Å². The van der Waals surface area contributed by atoms with E-state index in [-0.39, 0.29) is 48.6 Å². The Balaban J connectivity index is 1.51. The standard InChI is InChI=1S/C32H30FN5O6S/c1-19-35-36-27(44-19)17-38-16-26-28(32(38)39)31(43-18-21-7-11-24(42-3)12-8-21)29-25(30(26)37(2)45(4,40)41)14-22(15-34-29)13-20-5-9-23(33)10-6-20/h5-12,14-15H,13,16-18H2,1-4H3. The summed E-state index contributed by atoms with van der Waals surface area (Å²) in [5.41, 5.74) is 3.79. The molecule has 1 aliphatic heterocycles. The Kier molecular flexibility index (Phi) is 7.87. The van der Waals surface area contributed by atoms with Gasteiger partial charge < -0.3 is 18.8 Å². The van der Waals surface area contributed by atoms with Gasteiger partial charge in [-0.15, -0.1) is 10.2 Å². The minimum atomic E-state index is -3.77. The van der Waals surface area contributed by atoms with Crippen molar-refractivity contribution in [3.05, 3.63) is 106 Å². The van der Waals surface area contributed by atoms with Crippen LogP contribution in [0.2, 0.25) is 0 Å². The average molecular weight is 632 g/mol. The number of amides is 1. The first kappa shape index (κ1) is 30.0. The lowest BCUT2D eigenvalue weighted by Gasteiger charge is -2.24. The molecule has 0 fully saturated rings. The van der Waals surface area contributed by atoms with E-state index in [1.165, 1.54) is 28.4 Å². The smallest absolute Gasteiger partial charge is 0.258 e. The monoisotopic (exact) mass is 631 g/mol.